The predicted octanol–water partition coefficient (Wildman–Crippen LogP) is 4.98. The van der Waals surface area contributed by atoms with E-state index in [9.17, 15) is 5.11 Å². The Balaban J connectivity index is 1.78. The molecule has 3 aromatic rings. The number of aliphatic hydroxyl groups excluding tert-OH is 1. The third kappa shape index (κ3) is 3.95. The Bertz CT molecular complexity index is 921. The molecule has 1 aromatic carbocycles. The maximum Gasteiger partial charge on any atom is 0.101 e. The summed E-state index contributed by atoms with van der Waals surface area (Å²) in [5.74, 6) is 0. The minimum atomic E-state index is -0.717. The number of halogens is 1. The second kappa shape index (κ2) is 8.39. The third-order valence-electron chi connectivity index (χ3n) is 5.33. The first-order chi connectivity index (χ1) is 13.6. The van der Waals surface area contributed by atoms with E-state index >= 15 is 0 Å². The Morgan fingerprint density at radius 2 is 1.86 bits per heavy atom. The number of hydrogen-bond acceptors (Lipinski definition) is 4. The lowest BCUT2D eigenvalue weighted by Crippen LogP contribution is -2.31. The minimum absolute atomic E-state index is 0.153. The van der Waals surface area contributed by atoms with E-state index in [1.54, 1.807) is 12.4 Å². The van der Waals surface area contributed by atoms with Gasteiger partial charge in [-0.2, -0.15) is 0 Å². The minimum Gasteiger partial charge on any atom is -0.386 e. The zero-order chi connectivity index (χ0) is 19.5. The third-order valence-corrected chi connectivity index (χ3v) is 5.55. The number of pyridine rings is 2. The van der Waals surface area contributed by atoms with Gasteiger partial charge in [-0.1, -0.05) is 23.7 Å². The average Bonchev–Trinajstić information content (AvgIpc) is 3.22. The molecule has 3 heterocycles. The van der Waals surface area contributed by atoms with E-state index in [-0.39, 0.29) is 6.04 Å². The van der Waals surface area contributed by atoms with Gasteiger partial charge in [0, 0.05) is 34.7 Å². The van der Waals surface area contributed by atoms with Gasteiger partial charge in [-0.3, -0.25) is 14.9 Å². The summed E-state index contributed by atoms with van der Waals surface area (Å²) >= 11 is 6.29. The maximum absolute atomic E-state index is 11.5. The van der Waals surface area contributed by atoms with E-state index in [4.69, 9.17) is 11.6 Å². The fourth-order valence-corrected chi connectivity index (χ4v) is 4.39. The summed E-state index contributed by atoms with van der Waals surface area (Å²) in [7, 11) is 0. The zero-order valence-electron chi connectivity index (χ0n) is 15.9. The highest BCUT2D eigenvalue weighted by Crippen LogP contribution is 2.39. The highest BCUT2D eigenvalue weighted by molar-refractivity contribution is 6.30. The van der Waals surface area contributed by atoms with Gasteiger partial charge in [-0.15, -0.1) is 0 Å². The number of aromatic nitrogens is 2. The van der Waals surface area contributed by atoms with E-state index in [0.29, 0.717) is 5.02 Å². The molecule has 0 aliphatic carbocycles. The number of aliphatic hydroxyl groups is 1. The van der Waals surface area contributed by atoms with Crippen LogP contribution >= 0.6 is 11.6 Å². The van der Waals surface area contributed by atoms with Crippen molar-refractivity contribution >= 4 is 11.6 Å². The summed E-state index contributed by atoms with van der Waals surface area (Å²) in [6, 6.07) is 13.5. The van der Waals surface area contributed by atoms with Crippen LogP contribution in [0.5, 0.6) is 0 Å². The number of hydrogen-bond donors (Lipinski definition) is 1. The molecular formula is C23H24ClN3O. The lowest BCUT2D eigenvalue weighted by atomic mass is 9.92. The van der Waals surface area contributed by atoms with Crippen LogP contribution in [-0.2, 0) is 0 Å². The molecule has 1 fully saturated rings. The van der Waals surface area contributed by atoms with Gasteiger partial charge in [0.25, 0.3) is 0 Å². The fraction of sp³-hybridized carbons (Fsp3) is 0.304. The second-order valence-electron chi connectivity index (χ2n) is 7.38. The number of nitrogens with zero attached hydrogens (tertiary/aromatic N) is 3. The van der Waals surface area contributed by atoms with Gasteiger partial charge in [0.1, 0.15) is 6.10 Å². The number of likely N-dealkylation sites (tertiary alicyclic amines) is 1. The molecule has 28 heavy (non-hydrogen) atoms. The van der Waals surface area contributed by atoms with Gasteiger partial charge < -0.3 is 5.11 Å². The van der Waals surface area contributed by atoms with Crippen LogP contribution in [0.1, 0.15) is 41.7 Å². The van der Waals surface area contributed by atoms with Crippen LogP contribution in [0.2, 0.25) is 5.02 Å². The molecule has 1 aliphatic heterocycles. The van der Waals surface area contributed by atoms with E-state index < -0.39 is 6.10 Å². The molecule has 2 atom stereocenters. The normalized spacial score (nSPS) is 16.8. The monoisotopic (exact) mass is 393 g/mol. The van der Waals surface area contributed by atoms with Crippen molar-refractivity contribution in [3.63, 3.8) is 0 Å². The first-order valence-electron chi connectivity index (χ1n) is 9.68. The van der Waals surface area contributed by atoms with E-state index in [1.165, 1.54) is 0 Å². The standard InChI is InChI=1S/C23H24ClN3O/c1-16-12-18(14-19(24)13-16)21-20(7-5-9-26-21)23(28)22(27-10-2-3-11-27)17-6-4-8-25-15-17/h4-9,12-15,22-23,28H,2-3,10-11H2,1H3/t22-,23+/m0/s1. The van der Waals surface area contributed by atoms with Crippen molar-refractivity contribution in [3.05, 3.63) is 82.8 Å². The Hall–Kier alpha value is -2.27. The first kappa shape index (κ1) is 19.1. The van der Waals surface area contributed by atoms with Gasteiger partial charge in [0.2, 0.25) is 0 Å². The molecule has 0 bridgehead atoms. The van der Waals surface area contributed by atoms with Crippen molar-refractivity contribution in [2.24, 2.45) is 0 Å². The highest BCUT2D eigenvalue weighted by atomic mass is 35.5. The lowest BCUT2D eigenvalue weighted by molar-refractivity contribution is 0.0607. The van der Waals surface area contributed by atoms with Crippen LogP contribution in [-0.4, -0.2) is 33.1 Å². The molecule has 0 spiro atoms. The van der Waals surface area contributed by atoms with Gasteiger partial charge in [0.15, 0.2) is 0 Å². The van der Waals surface area contributed by atoms with Crippen molar-refractivity contribution in [2.45, 2.75) is 31.9 Å². The van der Waals surface area contributed by atoms with Gasteiger partial charge >= 0.3 is 0 Å². The van der Waals surface area contributed by atoms with E-state index in [0.717, 1.165) is 53.9 Å². The highest BCUT2D eigenvalue weighted by Gasteiger charge is 2.32. The number of aryl methyl sites for hydroxylation is 1. The molecule has 5 heteroatoms. The number of rotatable bonds is 5. The van der Waals surface area contributed by atoms with Crippen LogP contribution in [0.15, 0.2) is 61.1 Å². The van der Waals surface area contributed by atoms with Crippen molar-refractivity contribution in [1.82, 2.24) is 14.9 Å². The molecule has 1 saturated heterocycles. The molecular weight excluding hydrogens is 370 g/mol. The van der Waals surface area contributed by atoms with Crippen LogP contribution in [0.25, 0.3) is 11.3 Å². The van der Waals surface area contributed by atoms with Crippen molar-refractivity contribution in [3.8, 4) is 11.3 Å². The average molecular weight is 394 g/mol. The topological polar surface area (TPSA) is 49.3 Å². The number of benzene rings is 1. The summed E-state index contributed by atoms with van der Waals surface area (Å²) in [6.45, 7) is 3.96. The molecule has 1 aliphatic rings. The fourth-order valence-electron chi connectivity index (χ4n) is 4.10. The molecule has 4 nitrogen and oxygen atoms in total. The zero-order valence-corrected chi connectivity index (χ0v) is 16.7. The summed E-state index contributed by atoms with van der Waals surface area (Å²) in [4.78, 5) is 11.2. The Morgan fingerprint density at radius 3 is 2.57 bits per heavy atom. The Kier molecular flexibility index (Phi) is 5.72. The molecule has 4 rings (SSSR count). The SMILES string of the molecule is Cc1cc(Cl)cc(-c2ncccc2[C@@H](O)[C@H](c2cccnc2)N2CCCC2)c1. The van der Waals surface area contributed by atoms with E-state index in [2.05, 4.69) is 20.9 Å². The second-order valence-corrected chi connectivity index (χ2v) is 7.81. The molecule has 144 valence electrons. The Labute approximate surface area is 170 Å². The van der Waals surface area contributed by atoms with Gasteiger partial charge in [0.05, 0.1) is 11.7 Å². The van der Waals surface area contributed by atoms with Crippen molar-refractivity contribution < 1.29 is 5.11 Å². The Morgan fingerprint density at radius 1 is 1.07 bits per heavy atom. The lowest BCUT2D eigenvalue weighted by Gasteiger charge is -2.32. The largest absolute Gasteiger partial charge is 0.386 e. The van der Waals surface area contributed by atoms with Crippen LogP contribution < -0.4 is 0 Å². The molecule has 0 saturated carbocycles. The molecule has 1 N–H and O–H groups in total. The smallest absolute Gasteiger partial charge is 0.101 e. The van der Waals surface area contributed by atoms with Crippen LogP contribution in [0, 0.1) is 6.92 Å². The van der Waals surface area contributed by atoms with Crippen molar-refractivity contribution in [2.75, 3.05) is 13.1 Å². The predicted molar refractivity (Wildman–Crippen MR) is 112 cm³/mol. The molecule has 0 unspecified atom stereocenters. The molecule has 0 amide bonds. The van der Waals surface area contributed by atoms with Crippen LogP contribution in [0.3, 0.4) is 0 Å². The molecule has 2 aromatic heterocycles. The van der Waals surface area contributed by atoms with Gasteiger partial charge in [-0.05, 0) is 74.3 Å². The summed E-state index contributed by atoms with van der Waals surface area (Å²) in [6.07, 6.45) is 6.96. The van der Waals surface area contributed by atoms with Crippen molar-refractivity contribution in [1.29, 1.82) is 0 Å². The summed E-state index contributed by atoms with van der Waals surface area (Å²) in [5.41, 5.74) is 4.59. The first-order valence-corrected chi connectivity index (χ1v) is 10.1. The summed E-state index contributed by atoms with van der Waals surface area (Å²) in [5, 5.41) is 12.2. The van der Waals surface area contributed by atoms with Crippen LogP contribution in [0.4, 0.5) is 0 Å². The molecule has 0 radical (unpaired) electrons. The quantitative estimate of drug-likeness (QED) is 0.664. The maximum atomic E-state index is 11.5. The summed E-state index contributed by atoms with van der Waals surface area (Å²) < 4.78 is 0. The van der Waals surface area contributed by atoms with Gasteiger partial charge in [-0.25, -0.2) is 0 Å². The van der Waals surface area contributed by atoms with E-state index in [1.807, 2.05) is 49.5 Å².